The molecule has 1 unspecified atom stereocenters. The van der Waals surface area contributed by atoms with Crippen LogP contribution in [0.1, 0.15) is 28.2 Å². The van der Waals surface area contributed by atoms with Gasteiger partial charge in [0.15, 0.2) is 0 Å². The van der Waals surface area contributed by atoms with Crippen LogP contribution in [-0.4, -0.2) is 11.7 Å². The van der Waals surface area contributed by atoms with Crippen LogP contribution in [0, 0.1) is 13.8 Å². The summed E-state index contributed by atoms with van der Waals surface area (Å²) in [7, 11) is 0. The lowest BCUT2D eigenvalue weighted by molar-refractivity contribution is 0.475. The Morgan fingerprint density at radius 2 is 1.90 bits per heavy atom. The number of nitrogens with two attached hydrogens (primary N) is 1. The van der Waals surface area contributed by atoms with Crippen molar-refractivity contribution in [2.75, 3.05) is 6.54 Å². The summed E-state index contributed by atoms with van der Waals surface area (Å²) in [6, 6.07) is 11.8. The number of phenols is 1. The van der Waals surface area contributed by atoms with Crippen LogP contribution in [-0.2, 0) is 6.42 Å². The third-order valence-electron chi connectivity index (χ3n) is 3.64. The van der Waals surface area contributed by atoms with Crippen LogP contribution in [0.15, 0.2) is 36.4 Å². The van der Waals surface area contributed by atoms with Gasteiger partial charge in [-0.2, -0.15) is 0 Å². The highest BCUT2D eigenvalue weighted by Gasteiger charge is 2.14. The average molecular weight is 290 g/mol. The van der Waals surface area contributed by atoms with Crippen molar-refractivity contribution < 1.29 is 5.11 Å². The van der Waals surface area contributed by atoms with Gasteiger partial charge in [-0.3, -0.25) is 0 Å². The van der Waals surface area contributed by atoms with Crippen LogP contribution < -0.4 is 5.73 Å². The third kappa shape index (κ3) is 3.33. The van der Waals surface area contributed by atoms with Gasteiger partial charge < -0.3 is 10.8 Å². The molecule has 3 heteroatoms. The van der Waals surface area contributed by atoms with E-state index >= 15 is 0 Å². The van der Waals surface area contributed by atoms with E-state index in [-0.39, 0.29) is 11.7 Å². The summed E-state index contributed by atoms with van der Waals surface area (Å²) in [5, 5.41) is 9.86. The van der Waals surface area contributed by atoms with Gasteiger partial charge in [-0.05, 0) is 55.6 Å². The Balaban J connectivity index is 2.26. The summed E-state index contributed by atoms with van der Waals surface area (Å²) in [5.41, 5.74) is 10.8. The number of benzene rings is 2. The van der Waals surface area contributed by atoms with Gasteiger partial charge in [-0.1, -0.05) is 41.4 Å². The Hall–Kier alpha value is -1.51. The molecular formula is C17H20ClNO. The Morgan fingerprint density at radius 3 is 2.50 bits per heavy atom. The Morgan fingerprint density at radius 1 is 1.15 bits per heavy atom. The van der Waals surface area contributed by atoms with Gasteiger partial charge in [0.25, 0.3) is 0 Å². The monoisotopic (exact) mass is 289 g/mol. The van der Waals surface area contributed by atoms with Crippen molar-refractivity contribution in [3.05, 3.63) is 63.7 Å². The van der Waals surface area contributed by atoms with Crippen LogP contribution >= 0.6 is 11.6 Å². The molecule has 0 amide bonds. The Bertz CT molecular complexity index is 610. The fourth-order valence-corrected chi connectivity index (χ4v) is 2.77. The summed E-state index contributed by atoms with van der Waals surface area (Å²) in [6.07, 6.45) is 0.820. The van der Waals surface area contributed by atoms with Gasteiger partial charge in [-0.25, -0.2) is 0 Å². The van der Waals surface area contributed by atoms with Gasteiger partial charge in [0.2, 0.25) is 0 Å². The topological polar surface area (TPSA) is 46.2 Å². The van der Waals surface area contributed by atoms with E-state index < -0.39 is 0 Å². The fourth-order valence-electron chi connectivity index (χ4n) is 2.57. The van der Waals surface area contributed by atoms with Gasteiger partial charge in [0.1, 0.15) is 5.75 Å². The molecule has 0 heterocycles. The van der Waals surface area contributed by atoms with Gasteiger partial charge in [0.05, 0.1) is 5.02 Å². The smallest absolute Gasteiger partial charge is 0.134 e. The molecule has 3 N–H and O–H groups in total. The molecule has 106 valence electrons. The molecule has 2 rings (SSSR count). The maximum atomic E-state index is 9.47. The highest BCUT2D eigenvalue weighted by atomic mass is 35.5. The van der Waals surface area contributed by atoms with Crippen LogP contribution in [0.3, 0.4) is 0 Å². The molecule has 20 heavy (non-hydrogen) atoms. The lowest BCUT2D eigenvalue weighted by Gasteiger charge is -2.18. The van der Waals surface area contributed by atoms with Gasteiger partial charge >= 0.3 is 0 Å². The largest absolute Gasteiger partial charge is 0.506 e. The standard InChI is InChI=1S/C17H20ClNO/c1-11-3-5-15(12(2)7-11)14(10-19)8-13-4-6-17(20)16(18)9-13/h3-7,9,14,20H,8,10,19H2,1-2H3. The van der Waals surface area contributed by atoms with E-state index in [2.05, 4.69) is 32.0 Å². The summed E-state index contributed by atoms with van der Waals surface area (Å²) in [5.74, 6) is 0.377. The first-order valence-electron chi connectivity index (χ1n) is 6.76. The summed E-state index contributed by atoms with van der Waals surface area (Å²) >= 11 is 5.96. The molecule has 0 fully saturated rings. The van der Waals surface area contributed by atoms with Crippen molar-refractivity contribution >= 4 is 11.6 Å². The van der Waals surface area contributed by atoms with E-state index in [0.29, 0.717) is 11.6 Å². The molecule has 0 bridgehead atoms. The number of aromatic hydroxyl groups is 1. The van der Waals surface area contributed by atoms with E-state index in [1.165, 1.54) is 16.7 Å². The molecule has 0 saturated carbocycles. The summed E-state index contributed by atoms with van der Waals surface area (Å²) in [6.45, 7) is 4.80. The molecule has 0 aromatic heterocycles. The molecule has 2 nitrogen and oxygen atoms in total. The van der Waals surface area contributed by atoms with E-state index in [1.54, 1.807) is 6.07 Å². The van der Waals surface area contributed by atoms with Gasteiger partial charge in [-0.15, -0.1) is 0 Å². The van der Waals surface area contributed by atoms with E-state index in [9.17, 15) is 5.11 Å². The highest BCUT2D eigenvalue weighted by molar-refractivity contribution is 6.32. The van der Waals surface area contributed by atoms with E-state index in [1.807, 2.05) is 12.1 Å². The van der Waals surface area contributed by atoms with Crippen molar-refractivity contribution in [1.82, 2.24) is 0 Å². The van der Waals surface area contributed by atoms with Crippen LogP contribution in [0.4, 0.5) is 0 Å². The molecule has 2 aromatic carbocycles. The molecule has 0 spiro atoms. The second-order valence-corrected chi connectivity index (χ2v) is 5.69. The number of hydrogen-bond donors (Lipinski definition) is 2. The Labute approximate surface area is 125 Å². The second kappa shape index (κ2) is 6.29. The normalized spacial score (nSPS) is 12.4. The maximum absolute atomic E-state index is 9.47. The van der Waals surface area contributed by atoms with E-state index in [4.69, 9.17) is 17.3 Å². The predicted octanol–water partition coefficient (Wildman–Crippen LogP) is 3.95. The minimum Gasteiger partial charge on any atom is -0.506 e. The van der Waals surface area contributed by atoms with Crippen LogP contribution in [0.2, 0.25) is 5.02 Å². The highest BCUT2D eigenvalue weighted by Crippen LogP contribution is 2.28. The number of phenolic OH excluding ortho intramolecular Hbond substituents is 1. The minimum atomic E-state index is 0.117. The van der Waals surface area contributed by atoms with Crippen molar-refractivity contribution in [2.24, 2.45) is 5.73 Å². The zero-order valence-corrected chi connectivity index (χ0v) is 12.6. The lowest BCUT2D eigenvalue weighted by Crippen LogP contribution is -2.16. The summed E-state index contributed by atoms with van der Waals surface area (Å²) < 4.78 is 0. The minimum absolute atomic E-state index is 0.117. The second-order valence-electron chi connectivity index (χ2n) is 5.28. The quantitative estimate of drug-likeness (QED) is 0.895. The molecule has 0 aliphatic heterocycles. The fraction of sp³-hybridized carbons (Fsp3) is 0.294. The molecule has 0 radical (unpaired) electrons. The average Bonchev–Trinajstić information content (AvgIpc) is 2.41. The van der Waals surface area contributed by atoms with E-state index in [0.717, 1.165) is 12.0 Å². The van der Waals surface area contributed by atoms with Crippen molar-refractivity contribution in [3.8, 4) is 5.75 Å². The molecule has 0 aliphatic rings. The number of halogens is 1. The molecule has 0 saturated heterocycles. The van der Waals surface area contributed by atoms with Crippen LogP contribution in [0.25, 0.3) is 0 Å². The maximum Gasteiger partial charge on any atom is 0.134 e. The predicted molar refractivity (Wildman–Crippen MR) is 84.5 cm³/mol. The zero-order chi connectivity index (χ0) is 14.7. The molecule has 2 aromatic rings. The van der Waals surface area contributed by atoms with Crippen molar-refractivity contribution in [2.45, 2.75) is 26.2 Å². The third-order valence-corrected chi connectivity index (χ3v) is 3.95. The van der Waals surface area contributed by atoms with Crippen molar-refractivity contribution in [1.29, 1.82) is 0 Å². The number of hydrogen-bond acceptors (Lipinski definition) is 2. The summed E-state index contributed by atoms with van der Waals surface area (Å²) in [4.78, 5) is 0. The number of rotatable bonds is 4. The first-order chi connectivity index (χ1) is 9.51. The zero-order valence-electron chi connectivity index (χ0n) is 11.9. The SMILES string of the molecule is Cc1ccc(C(CN)Cc2ccc(O)c(Cl)c2)c(C)c1. The molecule has 0 aliphatic carbocycles. The van der Waals surface area contributed by atoms with Gasteiger partial charge in [0, 0.05) is 5.92 Å². The van der Waals surface area contributed by atoms with Crippen LogP contribution in [0.5, 0.6) is 5.75 Å². The lowest BCUT2D eigenvalue weighted by atomic mass is 9.88. The first kappa shape index (κ1) is 14.9. The molecule has 1 atom stereocenters. The molecular weight excluding hydrogens is 270 g/mol. The number of aryl methyl sites for hydroxylation is 2. The Kier molecular flexibility index (Phi) is 4.69. The first-order valence-corrected chi connectivity index (χ1v) is 7.13. The van der Waals surface area contributed by atoms with Crippen molar-refractivity contribution in [3.63, 3.8) is 0 Å².